The van der Waals surface area contributed by atoms with Crippen LogP contribution in [0.25, 0.3) is 22.3 Å². The van der Waals surface area contributed by atoms with E-state index in [-0.39, 0.29) is 11.4 Å². The summed E-state index contributed by atoms with van der Waals surface area (Å²) < 4.78 is 43.4. The van der Waals surface area contributed by atoms with E-state index >= 15 is 0 Å². The first-order chi connectivity index (χ1) is 17.4. The summed E-state index contributed by atoms with van der Waals surface area (Å²) in [5.74, 6) is 0.806. The highest BCUT2D eigenvalue weighted by molar-refractivity contribution is 5.78. The minimum atomic E-state index is -4.39. The van der Waals surface area contributed by atoms with Gasteiger partial charge in [0.25, 0.3) is 0 Å². The van der Waals surface area contributed by atoms with E-state index in [1.165, 1.54) is 18.2 Å². The molecule has 1 saturated heterocycles. The van der Waals surface area contributed by atoms with Gasteiger partial charge in [0, 0.05) is 45.0 Å². The predicted octanol–water partition coefficient (Wildman–Crippen LogP) is 5.85. The Bertz CT molecular complexity index is 1180. The number of carbonyl (C=O) groups excluding carboxylic acids is 1. The number of phenolic OH excluding ortho intramolecular Hbond substituents is 1. The fraction of sp³-hybridized carbons (Fsp3) is 0.357. The van der Waals surface area contributed by atoms with Crippen LogP contribution in [0.15, 0.2) is 60.8 Å². The summed E-state index contributed by atoms with van der Waals surface area (Å²) in [6.07, 6.45) is -1.89. The number of amides is 1. The van der Waals surface area contributed by atoms with Crippen LogP contribution in [-0.2, 0) is 15.7 Å². The van der Waals surface area contributed by atoms with Gasteiger partial charge in [0.05, 0.1) is 11.2 Å². The van der Waals surface area contributed by atoms with Crippen LogP contribution in [0.1, 0.15) is 26.3 Å². The molecule has 1 fully saturated rings. The molecular formula is C28H32F3N3O3. The number of phenols is 1. The van der Waals surface area contributed by atoms with Crippen molar-refractivity contribution in [2.75, 3.05) is 38.2 Å². The van der Waals surface area contributed by atoms with E-state index in [4.69, 9.17) is 4.74 Å². The number of nitrogens with zero attached hydrogens (tertiary/aromatic N) is 3. The van der Waals surface area contributed by atoms with E-state index in [0.29, 0.717) is 42.9 Å². The van der Waals surface area contributed by atoms with Crippen LogP contribution in [0.3, 0.4) is 0 Å². The van der Waals surface area contributed by atoms with Gasteiger partial charge >= 0.3 is 6.18 Å². The summed E-state index contributed by atoms with van der Waals surface area (Å²) in [6.45, 7) is 8.61. The zero-order valence-corrected chi connectivity index (χ0v) is 21.4. The molecular weight excluding hydrogens is 483 g/mol. The van der Waals surface area contributed by atoms with Gasteiger partial charge in [-0.15, -0.1) is 0 Å². The van der Waals surface area contributed by atoms with Crippen LogP contribution < -0.4 is 4.90 Å². The third-order valence-corrected chi connectivity index (χ3v) is 6.00. The topological polar surface area (TPSA) is 65.9 Å². The lowest BCUT2D eigenvalue weighted by molar-refractivity contribution is -0.137. The molecule has 1 aliphatic heterocycles. The zero-order valence-electron chi connectivity index (χ0n) is 21.4. The third kappa shape index (κ3) is 7.69. The monoisotopic (exact) mass is 515 g/mol. The Morgan fingerprint density at radius 2 is 1.49 bits per heavy atom. The first-order valence-electron chi connectivity index (χ1n) is 11.9. The average Bonchev–Trinajstić information content (AvgIpc) is 2.88. The minimum Gasteiger partial charge on any atom is -0.507 e. The number of halogens is 3. The van der Waals surface area contributed by atoms with Crippen LogP contribution in [0, 0.1) is 0 Å². The van der Waals surface area contributed by atoms with Crippen molar-refractivity contribution < 1.29 is 27.8 Å². The van der Waals surface area contributed by atoms with Crippen LogP contribution in [-0.4, -0.2) is 60.3 Å². The lowest BCUT2D eigenvalue weighted by Gasteiger charge is -2.33. The number of hydrogen-bond acceptors (Lipinski definition) is 5. The Balaban J connectivity index is 0.000000568. The molecule has 0 radical (unpaired) electrons. The number of methoxy groups -OCH3 is 1. The largest absolute Gasteiger partial charge is 0.507 e. The van der Waals surface area contributed by atoms with Crippen LogP contribution in [0.2, 0.25) is 0 Å². The van der Waals surface area contributed by atoms with Gasteiger partial charge in [0.15, 0.2) is 0 Å². The summed E-state index contributed by atoms with van der Waals surface area (Å²) >= 11 is 0. The molecule has 1 N–H and O–H groups in total. The van der Waals surface area contributed by atoms with Crippen molar-refractivity contribution in [1.82, 2.24) is 9.88 Å². The molecule has 198 valence electrons. The number of pyridine rings is 1. The molecule has 0 saturated carbocycles. The van der Waals surface area contributed by atoms with E-state index in [2.05, 4.69) is 9.88 Å². The molecule has 2 aromatic carbocycles. The summed E-state index contributed by atoms with van der Waals surface area (Å²) in [7, 11) is 1.71. The number of ether oxygens (including phenoxy) is 1. The minimum absolute atomic E-state index is 0.0417. The second kappa shape index (κ2) is 11.6. The molecule has 1 amide bonds. The summed E-state index contributed by atoms with van der Waals surface area (Å²) in [6, 6.07) is 13.5. The number of benzene rings is 2. The lowest BCUT2D eigenvalue weighted by atomic mass is 9.98. The fourth-order valence-corrected chi connectivity index (χ4v) is 3.61. The first kappa shape index (κ1) is 28.0. The maximum Gasteiger partial charge on any atom is 0.416 e. The Morgan fingerprint density at radius 1 is 0.892 bits per heavy atom. The highest BCUT2D eigenvalue weighted by Crippen LogP contribution is 2.36. The number of piperazine rings is 1. The van der Waals surface area contributed by atoms with Gasteiger partial charge in [-0.2, -0.15) is 13.2 Å². The van der Waals surface area contributed by atoms with Gasteiger partial charge < -0.3 is 19.6 Å². The van der Waals surface area contributed by atoms with E-state index < -0.39 is 11.7 Å². The van der Waals surface area contributed by atoms with Gasteiger partial charge in [-0.3, -0.25) is 4.79 Å². The van der Waals surface area contributed by atoms with Crippen molar-refractivity contribution in [2.45, 2.75) is 32.5 Å². The highest BCUT2D eigenvalue weighted by Gasteiger charge is 2.30. The van der Waals surface area contributed by atoms with E-state index in [0.717, 1.165) is 29.9 Å². The zero-order chi connectivity index (χ0) is 27.2. The molecule has 0 atom stereocenters. The number of aromatic nitrogens is 1. The molecule has 0 aliphatic carbocycles. The smallest absolute Gasteiger partial charge is 0.416 e. The van der Waals surface area contributed by atoms with Gasteiger partial charge in [-0.1, -0.05) is 18.2 Å². The molecule has 37 heavy (non-hydrogen) atoms. The van der Waals surface area contributed by atoms with Gasteiger partial charge in [0.1, 0.15) is 11.6 Å². The van der Waals surface area contributed by atoms with Crippen molar-refractivity contribution >= 4 is 12.2 Å². The van der Waals surface area contributed by atoms with Crippen molar-refractivity contribution in [1.29, 1.82) is 0 Å². The van der Waals surface area contributed by atoms with Gasteiger partial charge in [0.2, 0.25) is 6.41 Å². The second-order valence-corrected chi connectivity index (χ2v) is 9.65. The van der Waals surface area contributed by atoms with Crippen LogP contribution >= 0.6 is 0 Å². The second-order valence-electron chi connectivity index (χ2n) is 9.65. The fourth-order valence-electron chi connectivity index (χ4n) is 3.61. The quantitative estimate of drug-likeness (QED) is 0.442. The van der Waals surface area contributed by atoms with Crippen LogP contribution in [0.4, 0.5) is 19.0 Å². The maximum absolute atomic E-state index is 12.8. The van der Waals surface area contributed by atoms with Crippen molar-refractivity contribution in [3.63, 3.8) is 0 Å². The van der Waals surface area contributed by atoms with Gasteiger partial charge in [-0.05, 0) is 73.9 Å². The highest BCUT2D eigenvalue weighted by atomic mass is 19.4. The number of carbonyl (C=O) groups is 1. The molecule has 9 heteroatoms. The molecule has 1 aromatic heterocycles. The Morgan fingerprint density at radius 3 is 2.03 bits per heavy atom. The maximum atomic E-state index is 12.8. The molecule has 0 bridgehead atoms. The predicted molar refractivity (Wildman–Crippen MR) is 138 cm³/mol. The number of alkyl halides is 3. The van der Waals surface area contributed by atoms with Crippen molar-refractivity contribution in [2.24, 2.45) is 0 Å². The molecule has 2 heterocycles. The van der Waals surface area contributed by atoms with Crippen molar-refractivity contribution in [3.05, 3.63) is 66.4 Å². The number of anilines is 1. The lowest BCUT2D eigenvalue weighted by Crippen LogP contribution is -2.46. The summed E-state index contributed by atoms with van der Waals surface area (Å²) in [4.78, 5) is 19.1. The molecule has 1 aliphatic rings. The molecule has 6 nitrogen and oxygen atoms in total. The van der Waals surface area contributed by atoms with Crippen LogP contribution in [0.5, 0.6) is 5.75 Å². The molecule has 4 rings (SSSR count). The standard InChI is InChI=1S/C23H20F3N3O2.C5H12O/c24-23(25,26)19-4-1-16(2-5-19)17-3-6-21(31)20(13-17)18-7-8-27-22(14-18)29-11-9-28(15-30)10-12-29;1-5(2,3)6-4/h1-8,13-15,31H,9-12H2;1-4H3. The molecule has 0 spiro atoms. The SMILES string of the molecule is COC(C)(C)C.O=CN1CCN(c2cc(-c3cc(-c4ccc(C(F)(F)F)cc4)ccc3O)ccn2)CC1. The van der Waals surface area contributed by atoms with Gasteiger partial charge in [-0.25, -0.2) is 4.98 Å². The number of rotatable bonds is 4. The average molecular weight is 516 g/mol. The van der Waals surface area contributed by atoms with Crippen molar-refractivity contribution in [3.8, 4) is 28.0 Å². The van der Waals surface area contributed by atoms with E-state index in [1.54, 1.807) is 36.4 Å². The molecule has 3 aromatic rings. The first-order valence-corrected chi connectivity index (χ1v) is 11.9. The Labute approximate surface area is 215 Å². The number of hydrogen-bond donors (Lipinski definition) is 1. The molecule has 0 unspecified atom stereocenters. The summed E-state index contributed by atoms with van der Waals surface area (Å²) in [5.41, 5.74) is 1.96. The summed E-state index contributed by atoms with van der Waals surface area (Å²) in [5, 5.41) is 10.4. The normalized spacial score (nSPS) is 14.1. The Kier molecular flexibility index (Phi) is 8.81. The Hall–Kier alpha value is -3.59. The third-order valence-electron chi connectivity index (χ3n) is 6.00. The van der Waals surface area contributed by atoms with E-state index in [1.807, 2.05) is 26.8 Å². The van der Waals surface area contributed by atoms with E-state index in [9.17, 15) is 23.1 Å². The number of aromatic hydroxyl groups is 1.